The van der Waals surface area contributed by atoms with Gasteiger partial charge in [-0.05, 0) is 41.6 Å². The molecule has 0 bridgehead atoms. The Morgan fingerprint density at radius 3 is 3.06 bits per heavy atom. The number of nitrogens with zero attached hydrogens (tertiary/aromatic N) is 1. The van der Waals surface area contributed by atoms with E-state index in [0.717, 1.165) is 29.5 Å². The highest BCUT2D eigenvalue weighted by Crippen LogP contribution is 2.25. The van der Waals surface area contributed by atoms with E-state index in [2.05, 4.69) is 27.4 Å². The van der Waals surface area contributed by atoms with E-state index in [-0.39, 0.29) is 5.91 Å². The summed E-state index contributed by atoms with van der Waals surface area (Å²) in [6, 6.07) is 9.71. The van der Waals surface area contributed by atoms with Crippen LogP contribution in [0, 0.1) is 0 Å². The number of hydrogen-bond acceptors (Lipinski definition) is 2. The molecule has 1 amide bonds. The number of fused-ring (bicyclic) bond motifs is 1. The average Bonchev–Trinajstić information content (AvgIpc) is 2.85. The molecule has 0 atom stereocenters. The van der Waals surface area contributed by atoms with Gasteiger partial charge >= 0.3 is 0 Å². The molecule has 1 aliphatic rings. The molecular weight excluding hydrogens is 310 g/mol. The predicted octanol–water partition coefficient (Wildman–Crippen LogP) is 3.71. The van der Waals surface area contributed by atoms with Crippen LogP contribution in [0.2, 0.25) is 0 Å². The van der Waals surface area contributed by atoms with E-state index >= 15 is 0 Å². The molecule has 1 aromatic carbocycles. The zero-order valence-electron chi connectivity index (χ0n) is 9.73. The Bertz CT molecular complexity index is 593. The van der Waals surface area contributed by atoms with Crippen molar-refractivity contribution in [3.63, 3.8) is 0 Å². The van der Waals surface area contributed by atoms with Crippen molar-refractivity contribution in [3.05, 3.63) is 56.2 Å². The van der Waals surface area contributed by atoms with Crippen molar-refractivity contribution in [2.75, 3.05) is 6.54 Å². The topological polar surface area (TPSA) is 20.3 Å². The van der Waals surface area contributed by atoms with Crippen molar-refractivity contribution in [2.24, 2.45) is 0 Å². The lowest BCUT2D eigenvalue weighted by Gasteiger charge is -2.27. The summed E-state index contributed by atoms with van der Waals surface area (Å²) in [6.07, 6.45) is 0.979. The van der Waals surface area contributed by atoms with E-state index in [9.17, 15) is 4.79 Å². The molecule has 92 valence electrons. The van der Waals surface area contributed by atoms with Gasteiger partial charge < -0.3 is 4.90 Å². The highest BCUT2D eigenvalue weighted by atomic mass is 79.9. The summed E-state index contributed by atoms with van der Waals surface area (Å²) in [7, 11) is 0. The molecule has 0 saturated heterocycles. The third-order valence-electron chi connectivity index (χ3n) is 3.17. The molecule has 2 nitrogen and oxygen atoms in total. The Morgan fingerprint density at radius 1 is 1.33 bits per heavy atom. The summed E-state index contributed by atoms with van der Waals surface area (Å²) < 4.78 is 0.946. The SMILES string of the molecule is O=C(c1cccc(Br)c1)N1CCc2sccc2C1. The number of hydrogen-bond donors (Lipinski definition) is 0. The first-order valence-corrected chi connectivity index (χ1v) is 7.51. The Labute approximate surface area is 118 Å². The minimum Gasteiger partial charge on any atom is -0.334 e. The molecule has 0 radical (unpaired) electrons. The minimum absolute atomic E-state index is 0.119. The molecule has 0 N–H and O–H groups in total. The summed E-state index contributed by atoms with van der Waals surface area (Å²) >= 11 is 5.20. The number of amides is 1. The smallest absolute Gasteiger partial charge is 0.254 e. The van der Waals surface area contributed by atoms with Crippen LogP contribution in [0.1, 0.15) is 20.8 Å². The van der Waals surface area contributed by atoms with Gasteiger partial charge in [-0.1, -0.05) is 22.0 Å². The molecule has 18 heavy (non-hydrogen) atoms. The van der Waals surface area contributed by atoms with Crippen LogP contribution < -0.4 is 0 Å². The van der Waals surface area contributed by atoms with Crippen LogP contribution in [0.25, 0.3) is 0 Å². The monoisotopic (exact) mass is 321 g/mol. The van der Waals surface area contributed by atoms with E-state index in [1.165, 1.54) is 10.4 Å². The molecule has 2 aromatic rings. The first kappa shape index (κ1) is 11.9. The third kappa shape index (κ3) is 2.22. The maximum absolute atomic E-state index is 12.4. The highest BCUT2D eigenvalue weighted by Gasteiger charge is 2.22. The molecule has 0 saturated carbocycles. The van der Waals surface area contributed by atoms with Crippen molar-refractivity contribution in [1.82, 2.24) is 4.90 Å². The van der Waals surface area contributed by atoms with Crippen molar-refractivity contribution < 1.29 is 4.79 Å². The van der Waals surface area contributed by atoms with Crippen LogP contribution in [-0.2, 0) is 13.0 Å². The number of benzene rings is 1. The van der Waals surface area contributed by atoms with Crippen LogP contribution in [0.3, 0.4) is 0 Å². The van der Waals surface area contributed by atoms with Crippen LogP contribution in [0.5, 0.6) is 0 Å². The van der Waals surface area contributed by atoms with Crippen molar-refractivity contribution in [2.45, 2.75) is 13.0 Å². The molecule has 3 rings (SSSR count). The molecule has 1 aromatic heterocycles. The normalized spacial score (nSPS) is 14.4. The van der Waals surface area contributed by atoms with Gasteiger partial charge in [0.15, 0.2) is 0 Å². The van der Waals surface area contributed by atoms with Crippen molar-refractivity contribution >= 4 is 33.2 Å². The fourth-order valence-corrected chi connectivity index (χ4v) is 3.51. The first-order chi connectivity index (χ1) is 8.74. The van der Waals surface area contributed by atoms with Gasteiger partial charge in [-0.15, -0.1) is 11.3 Å². The van der Waals surface area contributed by atoms with Crippen LogP contribution in [0.15, 0.2) is 40.2 Å². The Hall–Kier alpha value is -1.13. The number of rotatable bonds is 1. The van der Waals surface area contributed by atoms with E-state index in [1.807, 2.05) is 29.2 Å². The van der Waals surface area contributed by atoms with Gasteiger partial charge in [-0.2, -0.15) is 0 Å². The maximum atomic E-state index is 12.4. The van der Waals surface area contributed by atoms with Gasteiger partial charge in [-0.25, -0.2) is 0 Å². The average molecular weight is 322 g/mol. The lowest BCUT2D eigenvalue weighted by Crippen LogP contribution is -2.35. The van der Waals surface area contributed by atoms with Crippen molar-refractivity contribution in [1.29, 1.82) is 0 Å². The second-order valence-electron chi connectivity index (χ2n) is 4.36. The van der Waals surface area contributed by atoms with Gasteiger partial charge in [0.1, 0.15) is 0 Å². The van der Waals surface area contributed by atoms with Gasteiger partial charge in [0.2, 0.25) is 0 Å². The molecule has 2 heterocycles. The predicted molar refractivity (Wildman–Crippen MR) is 76.9 cm³/mol. The summed E-state index contributed by atoms with van der Waals surface area (Å²) in [5.74, 6) is 0.119. The van der Waals surface area contributed by atoms with Crippen LogP contribution >= 0.6 is 27.3 Å². The largest absolute Gasteiger partial charge is 0.334 e. The van der Waals surface area contributed by atoms with Crippen LogP contribution in [-0.4, -0.2) is 17.4 Å². The van der Waals surface area contributed by atoms with E-state index in [4.69, 9.17) is 0 Å². The van der Waals surface area contributed by atoms with Gasteiger partial charge in [0.25, 0.3) is 5.91 Å². The molecule has 0 spiro atoms. The number of carbonyl (C=O) groups is 1. The molecule has 4 heteroatoms. The van der Waals surface area contributed by atoms with E-state index < -0.39 is 0 Å². The van der Waals surface area contributed by atoms with E-state index in [0.29, 0.717) is 0 Å². The number of thiophene rings is 1. The minimum atomic E-state index is 0.119. The highest BCUT2D eigenvalue weighted by molar-refractivity contribution is 9.10. The summed E-state index contributed by atoms with van der Waals surface area (Å²) in [4.78, 5) is 15.7. The second kappa shape index (κ2) is 4.86. The molecule has 0 fully saturated rings. The summed E-state index contributed by atoms with van der Waals surface area (Å²) in [5.41, 5.74) is 2.05. The Kier molecular flexibility index (Phi) is 3.22. The zero-order chi connectivity index (χ0) is 12.5. The Morgan fingerprint density at radius 2 is 2.22 bits per heavy atom. The summed E-state index contributed by atoms with van der Waals surface area (Å²) in [5, 5.41) is 2.11. The summed E-state index contributed by atoms with van der Waals surface area (Å²) in [6.45, 7) is 1.56. The molecule has 1 aliphatic heterocycles. The van der Waals surface area contributed by atoms with Gasteiger partial charge in [0.05, 0.1) is 0 Å². The first-order valence-electron chi connectivity index (χ1n) is 5.84. The molecular formula is C14H12BrNOS. The fourth-order valence-electron chi connectivity index (χ4n) is 2.23. The number of carbonyl (C=O) groups excluding carboxylic acids is 1. The third-order valence-corrected chi connectivity index (χ3v) is 4.68. The quantitative estimate of drug-likeness (QED) is 0.784. The van der Waals surface area contributed by atoms with E-state index in [1.54, 1.807) is 11.3 Å². The second-order valence-corrected chi connectivity index (χ2v) is 6.27. The van der Waals surface area contributed by atoms with Crippen molar-refractivity contribution in [3.8, 4) is 0 Å². The van der Waals surface area contributed by atoms with Gasteiger partial charge in [-0.3, -0.25) is 4.79 Å². The lowest BCUT2D eigenvalue weighted by molar-refractivity contribution is 0.0736. The number of halogens is 1. The standard InChI is InChI=1S/C14H12BrNOS/c15-12-3-1-2-10(8-12)14(17)16-6-4-13-11(9-16)5-7-18-13/h1-3,5,7-8H,4,6,9H2. The molecule has 0 aliphatic carbocycles. The Balaban J connectivity index is 1.83. The van der Waals surface area contributed by atoms with Crippen LogP contribution in [0.4, 0.5) is 0 Å². The fraction of sp³-hybridized carbons (Fsp3) is 0.214. The molecule has 0 unspecified atom stereocenters. The van der Waals surface area contributed by atoms with Gasteiger partial charge in [0, 0.05) is 28.0 Å². The zero-order valence-corrected chi connectivity index (χ0v) is 12.1. The maximum Gasteiger partial charge on any atom is 0.254 e. The lowest BCUT2D eigenvalue weighted by atomic mass is 10.1.